The number of aromatic nitrogens is 2. The fourth-order valence-electron chi connectivity index (χ4n) is 2.57. The van der Waals surface area contributed by atoms with Crippen molar-refractivity contribution in [2.45, 2.75) is 6.61 Å². The molecule has 0 bridgehead atoms. The Balaban J connectivity index is 1.68. The summed E-state index contributed by atoms with van der Waals surface area (Å²) >= 11 is 0. The Morgan fingerprint density at radius 1 is 1.08 bits per heavy atom. The minimum Gasteiger partial charge on any atom is -0.487 e. The molecular formula is C17H22N4O3. The monoisotopic (exact) mass is 330 g/mol. The van der Waals surface area contributed by atoms with Gasteiger partial charge in [-0.15, -0.1) is 0 Å². The Bertz CT molecular complexity index is 652. The van der Waals surface area contributed by atoms with Crippen molar-refractivity contribution in [3.8, 4) is 17.6 Å². The van der Waals surface area contributed by atoms with Crippen molar-refractivity contribution in [2.75, 3.05) is 45.3 Å². The summed E-state index contributed by atoms with van der Waals surface area (Å²) in [5.41, 5.74) is 1.87. The average Bonchev–Trinajstić information content (AvgIpc) is 2.67. The maximum Gasteiger partial charge on any atom is 0.319 e. The van der Waals surface area contributed by atoms with E-state index in [1.165, 1.54) is 12.8 Å². The van der Waals surface area contributed by atoms with E-state index in [1.807, 2.05) is 12.1 Å². The quantitative estimate of drug-likeness (QED) is 0.860. The first-order valence-corrected chi connectivity index (χ1v) is 7.93. The molecule has 2 aromatic rings. The first kappa shape index (κ1) is 16.3. The smallest absolute Gasteiger partial charge is 0.319 e. The van der Waals surface area contributed by atoms with Gasteiger partial charge in [0, 0.05) is 44.0 Å². The van der Waals surface area contributed by atoms with Crippen LogP contribution in [0.25, 0.3) is 0 Å². The summed E-state index contributed by atoms with van der Waals surface area (Å²) in [6.07, 6.45) is 0. The van der Waals surface area contributed by atoms with Crippen LogP contribution in [0, 0.1) is 0 Å². The topological polar surface area (TPSA) is 68.7 Å². The van der Waals surface area contributed by atoms with Crippen LogP contribution in [0.1, 0.15) is 5.69 Å². The summed E-state index contributed by atoms with van der Waals surface area (Å²) in [6.45, 7) is 4.34. The molecule has 3 rings (SSSR count). The number of rotatable bonds is 6. The van der Waals surface area contributed by atoms with Crippen LogP contribution in [0.4, 0.5) is 5.69 Å². The van der Waals surface area contributed by atoms with Gasteiger partial charge in [0.15, 0.2) is 0 Å². The third-order valence-corrected chi connectivity index (χ3v) is 3.81. The molecule has 0 unspecified atom stereocenters. The summed E-state index contributed by atoms with van der Waals surface area (Å²) < 4.78 is 16.1. The first-order valence-electron chi connectivity index (χ1n) is 7.93. The molecule has 0 radical (unpaired) electrons. The van der Waals surface area contributed by atoms with Gasteiger partial charge in [-0.25, -0.2) is 0 Å². The molecule has 1 saturated heterocycles. The first-order chi connectivity index (χ1) is 11.8. The predicted octanol–water partition coefficient (Wildman–Crippen LogP) is 1.48. The summed E-state index contributed by atoms with van der Waals surface area (Å²) in [6, 6.07) is 10.1. The van der Waals surface area contributed by atoms with Crippen molar-refractivity contribution in [3.05, 3.63) is 36.0 Å². The molecule has 1 aliphatic heterocycles. The van der Waals surface area contributed by atoms with Gasteiger partial charge >= 0.3 is 6.01 Å². The minimum absolute atomic E-state index is 0.266. The maximum absolute atomic E-state index is 5.88. The second-order valence-corrected chi connectivity index (χ2v) is 5.41. The second-order valence-electron chi connectivity index (χ2n) is 5.41. The number of anilines is 1. The Morgan fingerprint density at radius 2 is 1.92 bits per heavy atom. The van der Waals surface area contributed by atoms with Crippen LogP contribution in [-0.4, -0.2) is 50.4 Å². The van der Waals surface area contributed by atoms with E-state index in [2.05, 4.69) is 32.3 Å². The lowest BCUT2D eigenvalue weighted by Gasteiger charge is -2.29. The van der Waals surface area contributed by atoms with Crippen molar-refractivity contribution < 1.29 is 14.2 Å². The molecule has 24 heavy (non-hydrogen) atoms. The van der Waals surface area contributed by atoms with E-state index in [0.717, 1.165) is 31.9 Å². The molecule has 128 valence electrons. The van der Waals surface area contributed by atoms with Crippen LogP contribution >= 0.6 is 0 Å². The number of hydrogen-bond acceptors (Lipinski definition) is 7. The second kappa shape index (κ2) is 7.83. The Labute approximate surface area is 141 Å². The van der Waals surface area contributed by atoms with E-state index in [1.54, 1.807) is 13.2 Å². The van der Waals surface area contributed by atoms with Crippen LogP contribution in [-0.2, 0) is 6.61 Å². The van der Waals surface area contributed by atoms with Crippen LogP contribution in [0.15, 0.2) is 30.3 Å². The third-order valence-electron chi connectivity index (χ3n) is 3.81. The summed E-state index contributed by atoms with van der Waals surface area (Å²) in [4.78, 5) is 10.7. The SMILES string of the molecule is COc1cc(COc2cccc(N3CCNCC3)c2)nc(OC)n1. The standard InChI is InChI=1S/C17H22N4O3/c1-22-16-10-13(19-17(20-16)23-2)12-24-15-5-3-4-14(11-15)21-8-6-18-7-9-21/h3-5,10-11,18H,6-9,12H2,1-2H3. The maximum atomic E-state index is 5.88. The van der Waals surface area contributed by atoms with Gasteiger partial charge in [0.2, 0.25) is 5.88 Å². The highest BCUT2D eigenvalue weighted by Crippen LogP contribution is 2.23. The molecule has 1 aromatic carbocycles. The predicted molar refractivity (Wildman–Crippen MR) is 91.0 cm³/mol. The molecular weight excluding hydrogens is 308 g/mol. The van der Waals surface area contributed by atoms with E-state index in [0.29, 0.717) is 18.2 Å². The Hall–Kier alpha value is -2.54. The van der Waals surface area contributed by atoms with Gasteiger partial charge in [0.05, 0.1) is 19.9 Å². The van der Waals surface area contributed by atoms with E-state index in [9.17, 15) is 0 Å². The zero-order chi connectivity index (χ0) is 16.8. The fourth-order valence-corrected chi connectivity index (χ4v) is 2.57. The number of ether oxygens (including phenoxy) is 3. The van der Waals surface area contributed by atoms with Crippen molar-refractivity contribution >= 4 is 5.69 Å². The van der Waals surface area contributed by atoms with Crippen molar-refractivity contribution in [1.82, 2.24) is 15.3 Å². The minimum atomic E-state index is 0.266. The van der Waals surface area contributed by atoms with E-state index in [4.69, 9.17) is 14.2 Å². The number of benzene rings is 1. The number of nitrogens with one attached hydrogen (secondary N) is 1. The van der Waals surface area contributed by atoms with Gasteiger partial charge in [-0.1, -0.05) is 6.07 Å². The molecule has 1 aromatic heterocycles. The van der Waals surface area contributed by atoms with Gasteiger partial charge in [-0.05, 0) is 12.1 Å². The fraction of sp³-hybridized carbons (Fsp3) is 0.412. The highest BCUT2D eigenvalue weighted by Gasteiger charge is 2.11. The van der Waals surface area contributed by atoms with Crippen molar-refractivity contribution in [2.24, 2.45) is 0 Å². The normalized spacial score (nSPS) is 14.3. The van der Waals surface area contributed by atoms with Crippen LogP contribution in [0.2, 0.25) is 0 Å². The van der Waals surface area contributed by atoms with Crippen LogP contribution in [0.3, 0.4) is 0 Å². The van der Waals surface area contributed by atoms with Gasteiger partial charge in [0.25, 0.3) is 0 Å². The molecule has 1 aliphatic rings. The molecule has 0 spiro atoms. The van der Waals surface area contributed by atoms with E-state index >= 15 is 0 Å². The number of methoxy groups -OCH3 is 2. The highest BCUT2D eigenvalue weighted by atomic mass is 16.5. The summed E-state index contributed by atoms with van der Waals surface area (Å²) in [5.74, 6) is 1.26. The zero-order valence-corrected chi connectivity index (χ0v) is 14.0. The molecule has 7 heteroatoms. The largest absolute Gasteiger partial charge is 0.487 e. The summed E-state index contributed by atoms with van der Waals surface area (Å²) in [7, 11) is 3.08. The zero-order valence-electron chi connectivity index (χ0n) is 14.0. The number of hydrogen-bond donors (Lipinski definition) is 1. The van der Waals surface area contributed by atoms with E-state index < -0.39 is 0 Å². The molecule has 7 nitrogen and oxygen atoms in total. The van der Waals surface area contributed by atoms with Gasteiger partial charge in [0.1, 0.15) is 12.4 Å². The lowest BCUT2D eigenvalue weighted by molar-refractivity contribution is 0.292. The molecule has 0 aliphatic carbocycles. The van der Waals surface area contributed by atoms with Crippen molar-refractivity contribution in [3.63, 3.8) is 0 Å². The van der Waals surface area contributed by atoms with Crippen molar-refractivity contribution in [1.29, 1.82) is 0 Å². The number of nitrogens with zero attached hydrogens (tertiary/aromatic N) is 3. The average molecular weight is 330 g/mol. The van der Waals surface area contributed by atoms with Gasteiger partial charge < -0.3 is 24.4 Å². The van der Waals surface area contributed by atoms with Gasteiger partial charge in [-0.2, -0.15) is 9.97 Å². The third kappa shape index (κ3) is 4.05. The van der Waals surface area contributed by atoms with E-state index in [-0.39, 0.29) is 6.01 Å². The molecule has 0 atom stereocenters. The number of piperazine rings is 1. The lowest BCUT2D eigenvalue weighted by atomic mass is 10.2. The lowest BCUT2D eigenvalue weighted by Crippen LogP contribution is -2.43. The summed E-state index contributed by atoms with van der Waals surface area (Å²) in [5, 5.41) is 3.36. The molecule has 1 fully saturated rings. The molecule has 1 N–H and O–H groups in total. The molecule has 0 saturated carbocycles. The van der Waals surface area contributed by atoms with Crippen LogP contribution < -0.4 is 24.4 Å². The van der Waals surface area contributed by atoms with Crippen LogP contribution in [0.5, 0.6) is 17.6 Å². The molecule has 0 amide bonds. The Kier molecular flexibility index (Phi) is 5.32. The van der Waals surface area contributed by atoms with Gasteiger partial charge in [-0.3, -0.25) is 0 Å². The molecule has 2 heterocycles. The Morgan fingerprint density at radius 3 is 2.67 bits per heavy atom. The highest BCUT2D eigenvalue weighted by molar-refractivity contribution is 5.51.